The van der Waals surface area contributed by atoms with E-state index in [2.05, 4.69) is 22.5 Å². The Hall–Kier alpha value is -3.42. The van der Waals surface area contributed by atoms with Gasteiger partial charge in [-0.25, -0.2) is 8.78 Å². The van der Waals surface area contributed by atoms with E-state index in [0.717, 1.165) is 63.3 Å². The fourth-order valence-electron chi connectivity index (χ4n) is 6.29. The summed E-state index contributed by atoms with van der Waals surface area (Å²) in [5, 5.41) is 11.8. The van der Waals surface area contributed by atoms with Gasteiger partial charge in [0.25, 0.3) is 0 Å². The minimum Gasteiger partial charge on any atom is -0.386 e. The van der Waals surface area contributed by atoms with Gasteiger partial charge in [0.05, 0.1) is 34.7 Å². The third-order valence-corrected chi connectivity index (χ3v) is 8.19. The molecule has 2 aliphatic rings. The fraction of sp³-hybridized carbons (Fsp3) is 0.375. The van der Waals surface area contributed by atoms with Crippen molar-refractivity contribution in [2.45, 2.75) is 52.2 Å². The van der Waals surface area contributed by atoms with E-state index in [9.17, 15) is 13.9 Å². The number of fused-ring (bicyclic) bond motifs is 3. The van der Waals surface area contributed by atoms with Crippen LogP contribution in [0.1, 0.15) is 63.3 Å². The highest BCUT2D eigenvalue weighted by atomic mass is 19.1. The molecule has 1 saturated heterocycles. The smallest absolute Gasteiger partial charge is 0.126 e. The Kier molecular flexibility index (Phi) is 6.39. The van der Waals surface area contributed by atoms with Crippen LogP contribution in [0.2, 0.25) is 0 Å². The molecule has 1 atom stereocenters. The highest BCUT2D eigenvalue weighted by Gasteiger charge is 2.32. The second kappa shape index (κ2) is 9.65. The number of rotatable bonds is 5. The van der Waals surface area contributed by atoms with Crippen molar-refractivity contribution >= 4 is 33.2 Å². The predicted molar refractivity (Wildman–Crippen MR) is 151 cm³/mol. The summed E-state index contributed by atoms with van der Waals surface area (Å²) >= 11 is 0. The monoisotopic (exact) mass is 529 g/mol. The van der Waals surface area contributed by atoms with E-state index >= 15 is 0 Å². The van der Waals surface area contributed by atoms with Gasteiger partial charge in [-0.15, -0.1) is 0 Å². The largest absolute Gasteiger partial charge is 0.386 e. The molecule has 4 heterocycles. The molecule has 5 nitrogen and oxygen atoms in total. The van der Waals surface area contributed by atoms with E-state index in [1.165, 1.54) is 17.7 Å². The van der Waals surface area contributed by atoms with E-state index in [4.69, 9.17) is 9.72 Å². The van der Waals surface area contributed by atoms with Crippen molar-refractivity contribution in [3.05, 3.63) is 82.6 Å². The maximum atomic E-state index is 14.7. The van der Waals surface area contributed by atoms with Gasteiger partial charge in [0.2, 0.25) is 0 Å². The molecule has 2 aromatic carbocycles. The Balaban J connectivity index is 1.70. The van der Waals surface area contributed by atoms with E-state index in [-0.39, 0.29) is 12.0 Å². The van der Waals surface area contributed by atoms with Crippen LogP contribution in [0.15, 0.2) is 59.2 Å². The Bertz CT molecular complexity index is 1640. The summed E-state index contributed by atoms with van der Waals surface area (Å²) in [5.74, 6) is -1.11. The number of hydrogen-bond acceptors (Lipinski definition) is 4. The summed E-state index contributed by atoms with van der Waals surface area (Å²) in [5.41, 5.74) is 7.08. The number of aliphatic imine (C=N–C) groups is 1. The molecule has 202 valence electrons. The number of halogens is 2. The van der Waals surface area contributed by atoms with Crippen LogP contribution < -0.4 is 0 Å². The predicted octanol–water partition coefficient (Wildman–Crippen LogP) is 6.96. The second-order valence-electron chi connectivity index (χ2n) is 11.4. The quantitative estimate of drug-likeness (QED) is 0.304. The number of ether oxygens (including phenoxy) is 1. The Labute approximate surface area is 226 Å². The summed E-state index contributed by atoms with van der Waals surface area (Å²) < 4.78 is 37.2. The van der Waals surface area contributed by atoms with Crippen LogP contribution in [0.3, 0.4) is 0 Å². The molecule has 0 spiro atoms. The molecule has 2 aliphatic heterocycles. The van der Waals surface area contributed by atoms with Gasteiger partial charge in [-0.05, 0) is 87.4 Å². The summed E-state index contributed by atoms with van der Waals surface area (Å²) in [4.78, 5) is 9.56. The van der Waals surface area contributed by atoms with Crippen LogP contribution in [-0.2, 0) is 10.3 Å². The van der Waals surface area contributed by atoms with E-state index in [1.807, 2.05) is 31.3 Å². The van der Waals surface area contributed by atoms with Crippen molar-refractivity contribution in [2.75, 3.05) is 19.8 Å². The SMILES string of the molecule is CC1=NCC(C)=C1c1cnc2c3ccc(C(C)(C)O)cc3n(C(c3cc(F)cc(F)c3)C3CCOCC3)c2c1. The lowest BCUT2D eigenvalue weighted by Gasteiger charge is -2.33. The number of nitrogens with zero attached hydrogens (tertiary/aromatic N) is 3. The molecule has 1 N–H and O–H groups in total. The van der Waals surface area contributed by atoms with Crippen LogP contribution >= 0.6 is 0 Å². The summed E-state index contributed by atoms with van der Waals surface area (Å²) in [6, 6.07) is 11.5. The molecular formula is C32H33F2N3O2. The first-order chi connectivity index (χ1) is 18.6. The minimum atomic E-state index is -1.06. The number of hydrogen-bond donors (Lipinski definition) is 1. The van der Waals surface area contributed by atoms with Crippen molar-refractivity contribution in [3.8, 4) is 0 Å². The third-order valence-electron chi connectivity index (χ3n) is 8.19. The second-order valence-corrected chi connectivity index (χ2v) is 11.4. The van der Waals surface area contributed by atoms with E-state index in [0.29, 0.717) is 25.3 Å². The maximum absolute atomic E-state index is 14.7. The van der Waals surface area contributed by atoms with Gasteiger partial charge in [-0.2, -0.15) is 0 Å². The number of benzene rings is 2. The van der Waals surface area contributed by atoms with Crippen molar-refractivity contribution in [1.82, 2.24) is 9.55 Å². The summed E-state index contributed by atoms with van der Waals surface area (Å²) in [7, 11) is 0. The summed E-state index contributed by atoms with van der Waals surface area (Å²) in [6.45, 7) is 9.48. The molecule has 39 heavy (non-hydrogen) atoms. The molecule has 2 aromatic heterocycles. The average molecular weight is 530 g/mol. The summed E-state index contributed by atoms with van der Waals surface area (Å²) in [6.07, 6.45) is 3.42. The Morgan fingerprint density at radius 2 is 1.72 bits per heavy atom. The van der Waals surface area contributed by atoms with Crippen LogP contribution in [0, 0.1) is 17.6 Å². The van der Waals surface area contributed by atoms with Gasteiger partial charge in [0, 0.05) is 47.7 Å². The molecule has 0 radical (unpaired) electrons. The zero-order valence-electron chi connectivity index (χ0n) is 22.8. The highest BCUT2D eigenvalue weighted by molar-refractivity contribution is 6.25. The molecule has 0 aliphatic carbocycles. The lowest BCUT2D eigenvalue weighted by atomic mass is 9.86. The zero-order chi connectivity index (χ0) is 27.5. The number of aromatic nitrogens is 2. The van der Waals surface area contributed by atoms with Crippen LogP contribution in [0.4, 0.5) is 8.78 Å². The molecule has 0 saturated carbocycles. The molecular weight excluding hydrogens is 496 g/mol. The molecule has 6 rings (SSSR count). The van der Waals surface area contributed by atoms with Gasteiger partial charge in [-0.1, -0.05) is 12.1 Å². The van der Waals surface area contributed by atoms with Crippen molar-refractivity contribution in [1.29, 1.82) is 0 Å². The maximum Gasteiger partial charge on any atom is 0.126 e. The molecule has 0 amide bonds. The van der Waals surface area contributed by atoms with Gasteiger partial charge < -0.3 is 14.4 Å². The molecule has 1 fully saturated rings. The number of aliphatic hydroxyl groups is 1. The van der Waals surface area contributed by atoms with Crippen molar-refractivity contribution in [2.24, 2.45) is 10.9 Å². The normalized spacial score (nSPS) is 17.9. The highest BCUT2D eigenvalue weighted by Crippen LogP contribution is 2.42. The van der Waals surface area contributed by atoms with Crippen molar-refractivity contribution in [3.63, 3.8) is 0 Å². The molecule has 7 heteroatoms. The molecule has 0 bridgehead atoms. The van der Waals surface area contributed by atoms with Gasteiger partial charge >= 0.3 is 0 Å². The van der Waals surface area contributed by atoms with Crippen LogP contribution in [0.25, 0.3) is 27.5 Å². The molecule has 1 unspecified atom stereocenters. The first kappa shape index (κ1) is 25.8. The van der Waals surface area contributed by atoms with E-state index in [1.54, 1.807) is 13.8 Å². The van der Waals surface area contributed by atoms with Crippen molar-refractivity contribution < 1.29 is 18.6 Å². The number of allylic oxidation sites excluding steroid dienone is 1. The topological polar surface area (TPSA) is 59.6 Å². The van der Waals surface area contributed by atoms with E-state index < -0.39 is 17.2 Å². The first-order valence-corrected chi connectivity index (χ1v) is 13.5. The average Bonchev–Trinajstić information content (AvgIpc) is 3.39. The molecule has 4 aromatic rings. The lowest BCUT2D eigenvalue weighted by Crippen LogP contribution is -2.27. The standard InChI is InChI=1S/C32H33F2N3O2/c1-18-16-35-19(2)29(18)22-13-28-30(36-17-22)26-6-5-23(32(3,4)38)14-27(26)37(28)31(20-7-9-39-10-8-20)21-11-24(33)15-25(34)12-21/h5-6,11-15,17,20,31,38H,7-10,16H2,1-4H3. The van der Waals surface area contributed by atoms with Crippen LogP contribution in [0.5, 0.6) is 0 Å². The minimum absolute atomic E-state index is 0.0870. The first-order valence-electron chi connectivity index (χ1n) is 13.5. The number of pyridine rings is 1. The lowest BCUT2D eigenvalue weighted by molar-refractivity contribution is 0.0552. The van der Waals surface area contributed by atoms with Gasteiger partial charge in [-0.3, -0.25) is 9.98 Å². The van der Waals surface area contributed by atoms with Crippen LogP contribution in [-0.4, -0.2) is 40.1 Å². The van der Waals surface area contributed by atoms with Gasteiger partial charge in [0.15, 0.2) is 0 Å². The Morgan fingerprint density at radius 3 is 2.36 bits per heavy atom. The fourth-order valence-corrected chi connectivity index (χ4v) is 6.29. The third kappa shape index (κ3) is 4.57. The van der Waals surface area contributed by atoms with Gasteiger partial charge in [0.1, 0.15) is 11.6 Å². The zero-order valence-corrected chi connectivity index (χ0v) is 22.8. The Morgan fingerprint density at radius 1 is 1.00 bits per heavy atom.